The molecule has 1 atom stereocenters. The van der Waals surface area contributed by atoms with E-state index in [1.165, 1.54) is 19.7 Å². The lowest BCUT2D eigenvalue weighted by Crippen LogP contribution is -2.28. The van der Waals surface area contributed by atoms with Crippen molar-refractivity contribution >= 4 is 15.9 Å². The van der Waals surface area contributed by atoms with Crippen molar-refractivity contribution in [2.75, 3.05) is 18.8 Å². The van der Waals surface area contributed by atoms with Crippen molar-refractivity contribution in [3.8, 4) is 0 Å². The predicted octanol–water partition coefficient (Wildman–Crippen LogP) is 1.23. The molecule has 3 rings (SSSR count). The molecule has 1 aromatic heterocycles. The number of hydrogen-bond acceptors (Lipinski definition) is 4. The summed E-state index contributed by atoms with van der Waals surface area (Å²) in [7, 11) is -0.468. The molecule has 1 N–H and O–H groups in total. The van der Waals surface area contributed by atoms with Gasteiger partial charge in [-0.15, -0.1) is 10.2 Å². The zero-order valence-corrected chi connectivity index (χ0v) is 13.4. The Morgan fingerprint density at radius 3 is 2.68 bits per heavy atom. The maximum atomic E-state index is 11.8. The van der Waals surface area contributed by atoms with Gasteiger partial charge in [0, 0.05) is 38.7 Å². The highest BCUT2D eigenvalue weighted by Crippen LogP contribution is 2.28. The van der Waals surface area contributed by atoms with Crippen molar-refractivity contribution in [2.24, 2.45) is 0 Å². The molecule has 2 aromatic rings. The first-order chi connectivity index (χ1) is 10.5. The Hall–Kier alpha value is -1.93. The van der Waals surface area contributed by atoms with Crippen LogP contribution in [0.3, 0.4) is 0 Å². The fourth-order valence-electron chi connectivity index (χ4n) is 2.59. The van der Waals surface area contributed by atoms with Crippen LogP contribution in [-0.4, -0.2) is 41.6 Å². The van der Waals surface area contributed by atoms with Crippen LogP contribution in [-0.2, 0) is 23.2 Å². The van der Waals surface area contributed by atoms with Gasteiger partial charge in [0.05, 0.1) is 0 Å². The fraction of sp³-hybridized carbons (Fsp3) is 0.429. The summed E-state index contributed by atoms with van der Waals surface area (Å²) >= 11 is 0. The Kier molecular flexibility index (Phi) is 3.88. The lowest BCUT2D eigenvalue weighted by molar-refractivity contribution is 0.456. The molecule has 118 valence electrons. The van der Waals surface area contributed by atoms with E-state index in [2.05, 4.69) is 19.5 Å². The van der Waals surface area contributed by atoms with Crippen molar-refractivity contribution in [3.05, 3.63) is 42.0 Å². The third kappa shape index (κ3) is 2.97. The Morgan fingerprint density at radius 1 is 1.27 bits per heavy atom. The number of nitrogens with zero attached hydrogens (tertiary/aromatic N) is 4. The summed E-state index contributed by atoms with van der Waals surface area (Å²) in [4.78, 5) is 0. The summed E-state index contributed by atoms with van der Waals surface area (Å²) < 4.78 is 29.3. The lowest BCUT2D eigenvalue weighted by Gasteiger charge is -2.23. The molecule has 0 radical (unpaired) electrons. The Bertz CT molecular complexity index is 752. The molecule has 1 aromatic carbocycles. The van der Waals surface area contributed by atoms with Crippen molar-refractivity contribution in [1.82, 2.24) is 19.1 Å². The molecule has 0 spiro atoms. The second kappa shape index (κ2) is 5.69. The van der Waals surface area contributed by atoms with E-state index in [1.807, 2.05) is 12.1 Å². The minimum atomic E-state index is -3.46. The molecule has 8 heteroatoms. The number of fused-ring (bicyclic) bond motifs is 1. The van der Waals surface area contributed by atoms with Crippen LogP contribution in [0.15, 0.2) is 30.6 Å². The van der Waals surface area contributed by atoms with Gasteiger partial charge in [0.2, 0.25) is 0 Å². The van der Waals surface area contributed by atoms with Gasteiger partial charge in [-0.25, -0.2) is 0 Å². The molecule has 1 aliphatic rings. The largest absolute Gasteiger partial charge is 0.317 e. The van der Waals surface area contributed by atoms with E-state index in [4.69, 9.17) is 0 Å². The summed E-state index contributed by atoms with van der Waals surface area (Å²) in [5.74, 6) is 1.44. The van der Waals surface area contributed by atoms with Crippen molar-refractivity contribution in [2.45, 2.75) is 25.3 Å². The minimum Gasteiger partial charge on any atom is -0.317 e. The molecule has 1 unspecified atom stereocenters. The van der Waals surface area contributed by atoms with Gasteiger partial charge in [0.25, 0.3) is 0 Å². The van der Waals surface area contributed by atoms with Gasteiger partial charge in [-0.3, -0.25) is 4.72 Å². The second-order valence-electron chi connectivity index (χ2n) is 5.65. The molecular weight excluding hydrogens is 302 g/mol. The number of rotatable bonds is 4. The number of hydrogen-bond donors (Lipinski definition) is 1. The van der Waals surface area contributed by atoms with Crippen molar-refractivity contribution in [1.29, 1.82) is 0 Å². The van der Waals surface area contributed by atoms with Crippen LogP contribution >= 0.6 is 0 Å². The normalized spacial score (nSPS) is 18.2. The topological polar surface area (TPSA) is 80.1 Å². The molecule has 0 saturated carbocycles. The number of benzene rings is 1. The Labute approximate surface area is 130 Å². The van der Waals surface area contributed by atoms with Crippen molar-refractivity contribution in [3.63, 3.8) is 0 Å². The number of aromatic nitrogens is 3. The number of anilines is 1. The van der Waals surface area contributed by atoms with E-state index in [0.29, 0.717) is 11.6 Å². The summed E-state index contributed by atoms with van der Waals surface area (Å²) in [6.45, 7) is 0.866. The molecule has 1 aliphatic heterocycles. The van der Waals surface area contributed by atoms with Gasteiger partial charge in [0.1, 0.15) is 12.2 Å². The summed E-state index contributed by atoms with van der Waals surface area (Å²) in [6.07, 6.45) is 3.71. The van der Waals surface area contributed by atoms with Crippen LogP contribution in [0.1, 0.15) is 23.7 Å². The highest BCUT2D eigenvalue weighted by Gasteiger charge is 2.21. The maximum Gasteiger partial charge on any atom is 0.301 e. The molecule has 22 heavy (non-hydrogen) atoms. The highest BCUT2D eigenvalue weighted by molar-refractivity contribution is 7.90. The van der Waals surface area contributed by atoms with Crippen LogP contribution in [0.2, 0.25) is 0 Å². The zero-order chi connectivity index (χ0) is 15.7. The number of aryl methyl sites for hydroxylation is 1. The smallest absolute Gasteiger partial charge is 0.301 e. The van der Waals surface area contributed by atoms with E-state index in [-0.39, 0.29) is 0 Å². The van der Waals surface area contributed by atoms with Crippen LogP contribution in [0.5, 0.6) is 0 Å². The molecule has 0 saturated heterocycles. The van der Waals surface area contributed by atoms with Crippen LogP contribution < -0.4 is 4.72 Å². The first-order valence-corrected chi connectivity index (χ1v) is 8.56. The van der Waals surface area contributed by atoms with Crippen LogP contribution in [0.25, 0.3) is 0 Å². The molecule has 0 aliphatic carbocycles. The van der Waals surface area contributed by atoms with Crippen LogP contribution in [0, 0.1) is 0 Å². The molecular formula is C14H19N5O2S. The van der Waals surface area contributed by atoms with E-state index in [0.717, 1.165) is 29.5 Å². The molecule has 0 fully saturated rings. The molecule has 0 bridgehead atoms. The second-order valence-corrected chi connectivity index (χ2v) is 7.53. The monoisotopic (exact) mass is 321 g/mol. The third-order valence-electron chi connectivity index (χ3n) is 3.94. The van der Waals surface area contributed by atoms with Gasteiger partial charge >= 0.3 is 10.2 Å². The lowest BCUT2D eigenvalue weighted by atomic mass is 9.91. The standard InChI is InChI=1S/C14H19N5O2S/c1-18(2)22(20,21)17-13-6-3-11(4-7-13)12-5-8-14-16-15-10-19(14)9-12/h3-4,6-7,10,12,17H,5,8-9H2,1-2H3. The Morgan fingerprint density at radius 2 is 2.00 bits per heavy atom. The molecule has 2 heterocycles. The highest BCUT2D eigenvalue weighted by atomic mass is 32.2. The zero-order valence-electron chi connectivity index (χ0n) is 12.6. The molecule has 0 amide bonds. The fourth-order valence-corrected chi connectivity index (χ4v) is 3.21. The van der Waals surface area contributed by atoms with Gasteiger partial charge in [0.15, 0.2) is 0 Å². The van der Waals surface area contributed by atoms with E-state index in [1.54, 1.807) is 18.5 Å². The summed E-state index contributed by atoms with van der Waals surface area (Å²) in [5, 5.41) is 8.02. The third-order valence-corrected chi connectivity index (χ3v) is 5.39. The van der Waals surface area contributed by atoms with E-state index in [9.17, 15) is 8.42 Å². The number of nitrogens with one attached hydrogen (secondary N) is 1. The summed E-state index contributed by atoms with van der Waals surface area (Å²) in [5.41, 5.74) is 1.77. The maximum absolute atomic E-state index is 11.8. The average molecular weight is 321 g/mol. The first-order valence-electron chi connectivity index (χ1n) is 7.12. The van der Waals surface area contributed by atoms with Gasteiger partial charge in [-0.05, 0) is 24.1 Å². The van der Waals surface area contributed by atoms with Gasteiger partial charge in [-0.2, -0.15) is 12.7 Å². The first kappa shape index (κ1) is 15.0. The predicted molar refractivity (Wildman–Crippen MR) is 83.8 cm³/mol. The summed E-state index contributed by atoms with van der Waals surface area (Å²) in [6, 6.07) is 7.57. The van der Waals surface area contributed by atoms with E-state index >= 15 is 0 Å². The van der Waals surface area contributed by atoms with Crippen LogP contribution in [0.4, 0.5) is 5.69 Å². The quantitative estimate of drug-likeness (QED) is 0.918. The molecule has 7 nitrogen and oxygen atoms in total. The van der Waals surface area contributed by atoms with E-state index < -0.39 is 10.2 Å². The van der Waals surface area contributed by atoms with Gasteiger partial charge < -0.3 is 4.57 Å². The van der Waals surface area contributed by atoms with Crippen molar-refractivity contribution < 1.29 is 8.42 Å². The Balaban J connectivity index is 1.73. The average Bonchev–Trinajstić information content (AvgIpc) is 2.95. The van der Waals surface area contributed by atoms with Gasteiger partial charge in [-0.1, -0.05) is 12.1 Å². The minimum absolute atomic E-state index is 0.406. The SMILES string of the molecule is CN(C)S(=O)(=O)Nc1ccc(C2CCc3nncn3C2)cc1.